The van der Waals surface area contributed by atoms with E-state index in [1.807, 2.05) is 17.4 Å². The predicted molar refractivity (Wildman–Crippen MR) is 485 cm³/mol. The molecule has 0 radical (unpaired) electrons. The van der Waals surface area contributed by atoms with E-state index in [9.17, 15) is 0 Å². The lowest BCUT2D eigenvalue weighted by molar-refractivity contribution is 0.670. The molecule has 528 valence electrons. The van der Waals surface area contributed by atoms with Crippen LogP contribution in [0, 0.1) is 0 Å². The van der Waals surface area contributed by atoms with Crippen LogP contribution in [0.4, 0.5) is 0 Å². The van der Waals surface area contributed by atoms with Crippen molar-refractivity contribution in [2.24, 2.45) is 0 Å². The van der Waals surface area contributed by atoms with E-state index in [2.05, 4.69) is 376 Å². The molecule has 6 heteroatoms. The van der Waals surface area contributed by atoms with Gasteiger partial charge < -0.3 is 22.7 Å². The van der Waals surface area contributed by atoms with Crippen LogP contribution >= 0.6 is 11.3 Å². The largest absolute Gasteiger partial charge is 0.455 e. The summed E-state index contributed by atoms with van der Waals surface area (Å²) in [7, 11) is 0. The molecule has 0 atom stereocenters. The van der Waals surface area contributed by atoms with E-state index in [0.717, 1.165) is 57.3 Å². The summed E-state index contributed by atoms with van der Waals surface area (Å²) in [6, 6.07) is 132. The Hall–Kier alpha value is -14.6. The number of nitrogens with zero attached hydrogens (tertiary/aromatic N) is 4. The van der Waals surface area contributed by atoms with Gasteiger partial charge in [0.1, 0.15) is 11.2 Å². The minimum absolute atomic E-state index is 0.909. The molecule has 19 aromatic carbocycles. The van der Waals surface area contributed by atoms with Gasteiger partial charge in [-0.25, -0.2) is 0 Å². The number of aromatic nitrogens is 4. The van der Waals surface area contributed by atoms with Crippen LogP contribution in [0.5, 0.6) is 0 Å². The van der Waals surface area contributed by atoms with E-state index >= 15 is 0 Å². The summed E-state index contributed by atoms with van der Waals surface area (Å²) in [5.74, 6) is 0. The first-order valence-corrected chi connectivity index (χ1v) is 40.4. The molecule has 0 aliphatic heterocycles. The fraction of sp³-hybridized carbons (Fsp3) is 0.0185. The zero-order valence-electron chi connectivity index (χ0n) is 61.7. The average Bonchev–Trinajstić information content (AvgIpc) is 1.42. The number of fused-ring (bicyclic) bond motifs is 30. The van der Waals surface area contributed by atoms with E-state index in [4.69, 9.17) is 4.42 Å². The molecule has 1 aliphatic rings. The van der Waals surface area contributed by atoms with Crippen LogP contribution in [0.1, 0.15) is 17.5 Å². The Morgan fingerprint density at radius 3 is 1.18 bits per heavy atom. The fourth-order valence-corrected chi connectivity index (χ4v) is 21.4. The van der Waals surface area contributed by atoms with Gasteiger partial charge in [0.25, 0.3) is 0 Å². The first-order chi connectivity index (χ1) is 56.5. The monoisotopic (exact) mass is 1460 g/mol. The van der Waals surface area contributed by atoms with Crippen LogP contribution in [0.2, 0.25) is 0 Å². The second-order valence-corrected chi connectivity index (χ2v) is 32.3. The van der Waals surface area contributed by atoms with Crippen LogP contribution in [-0.2, 0) is 6.42 Å². The van der Waals surface area contributed by atoms with Crippen LogP contribution in [0.15, 0.2) is 362 Å². The Balaban J connectivity index is 0.529. The molecular weight excluding hydrogens is 1400 g/mol. The number of furan rings is 1. The molecule has 1 aliphatic carbocycles. The van der Waals surface area contributed by atoms with Crippen molar-refractivity contribution in [1.82, 2.24) is 18.3 Å². The van der Waals surface area contributed by atoms with Crippen LogP contribution in [-0.4, -0.2) is 18.3 Å². The quantitative estimate of drug-likeness (QED) is 0.146. The number of hydrogen-bond donors (Lipinski definition) is 0. The molecule has 0 spiro atoms. The third-order valence-electron chi connectivity index (χ3n) is 25.4. The summed E-state index contributed by atoms with van der Waals surface area (Å²) >= 11 is 1.89. The third kappa shape index (κ3) is 8.83. The summed E-state index contributed by atoms with van der Waals surface area (Å²) in [6.45, 7) is 0. The first-order valence-electron chi connectivity index (χ1n) is 39.6. The highest BCUT2D eigenvalue weighted by atomic mass is 32.1. The third-order valence-corrected chi connectivity index (χ3v) is 26.5. The van der Waals surface area contributed by atoms with Gasteiger partial charge in [0.05, 0.1) is 44.1 Å². The van der Waals surface area contributed by atoms with Gasteiger partial charge in [0, 0.05) is 102 Å². The minimum Gasteiger partial charge on any atom is -0.455 e. The molecule has 0 unspecified atom stereocenters. The summed E-state index contributed by atoms with van der Waals surface area (Å²) in [4.78, 5) is 0. The maximum atomic E-state index is 6.56. The van der Waals surface area contributed by atoms with E-state index in [0.29, 0.717) is 0 Å². The first kappa shape index (κ1) is 62.2. The summed E-state index contributed by atoms with van der Waals surface area (Å²) in [6.07, 6.45) is 6.79. The highest BCUT2D eigenvalue weighted by Gasteiger charge is 2.25. The second-order valence-electron chi connectivity index (χ2n) is 31.2. The number of aryl methyl sites for hydroxylation is 1. The number of para-hydroxylation sites is 7. The molecule has 0 saturated heterocycles. The van der Waals surface area contributed by atoms with Crippen LogP contribution in [0.3, 0.4) is 0 Å². The zero-order valence-corrected chi connectivity index (χ0v) is 62.5. The lowest BCUT2D eigenvalue weighted by Gasteiger charge is -2.20. The maximum Gasteiger partial charge on any atom is 0.143 e. The number of thiophene rings is 1. The Kier molecular flexibility index (Phi) is 12.8. The second kappa shape index (κ2) is 23.5. The van der Waals surface area contributed by atoms with Gasteiger partial charge in [0.2, 0.25) is 0 Å². The standard InChI is InChI=1S/C108H64N4OS/c1-3-20-75-73(18-1)89-54-63(36-45-77(89)79-48-41-68(59-91(75)79)110-100-33-14-8-25-84(100)94-61-70(43-51-103(94)110)109-97-30-11-5-22-81(97)82-23-6-12-31-98(82)109)65-40-53-106-96(56-65)87-47-37-66(58-107(87)114-106)64-39-50-102-93(55-64)83-24-7-13-32-99(83)112(102)71-44-52-104-95(62-71)85-26-9-15-34-101(85)111(104)69-42-49-80-78-46-38-67(57-90(78)74-19-2-4-21-76(74)92(80)60-69)72-28-17-29-88-86-27-10-16-35-105(86)113-108(72)88/h1-2,4-19,21-62H,3,20H2. The fourth-order valence-electron chi connectivity index (χ4n) is 20.3. The van der Waals surface area contributed by atoms with Gasteiger partial charge in [-0.2, -0.15) is 0 Å². The van der Waals surface area contributed by atoms with Gasteiger partial charge >= 0.3 is 0 Å². The number of hydrogen-bond acceptors (Lipinski definition) is 2. The lowest BCUT2D eigenvalue weighted by atomic mass is 9.85. The SMILES string of the molecule is C1=Cc2c(c3cc(-n4c5ccccc5c5cc(-n6c7ccccc7c7ccccc76)ccc54)ccc3c3ccc(-c4ccc5sc6cc(-c7ccc8c(c7)c7ccccc7n8-c7ccc8c(c7)c7ccccc7n8-c7ccc8c9ccc(-c%10cccc%11c%10oc%10ccccc%10%11)cc9c9ccccc9c8c7)ccc6c5c4)cc23)CC1. The van der Waals surface area contributed by atoms with E-state index in [1.54, 1.807) is 0 Å². The highest BCUT2D eigenvalue weighted by molar-refractivity contribution is 7.25. The van der Waals surface area contributed by atoms with Crippen molar-refractivity contribution in [2.75, 3.05) is 0 Å². The van der Waals surface area contributed by atoms with E-state index in [1.165, 1.54) is 206 Å². The van der Waals surface area contributed by atoms with Crippen molar-refractivity contribution < 1.29 is 4.42 Å². The molecule has 0 fully saturated rings. The maximum absolute atomic E-state index is 6.56. The zero-order chi connectivity index (χ0) is 74.1. The Labute approximate surface area is 656 Å². The summed E-state index contributed by atoms with van der Waals surface area (Å²) in [5.41, 5.74) is 25.9. The predicted octanol–water partition coefficient (Wildman–Crippen LogP) is 30.1. The molecule has 5 nitrogen and oxygen atoms in total. The molecule has 6 heterocycles. The van der Waals surface area contributed by atoms with E-state index in [-0.39, 0.29) is 0 Å². The van der Waals surface area contributed by atoms with Gasteiger partial charge in [-0.05, 0) is 245 Å². The number of rotatable bonds is 7. The van der Waals surface area contributed by atoms with Gasteiger partial charge in [-0.15, -0.1) is 11.3 Å². The lowest BCUT2D eigenvalue weighted by Crippen LogP contribution is -2.00. The molecule has 114 heavy (non-hydrogen) atoms. The van der Waals surface area contributed by atoms with Crippen molar-refractivity contribution in [1.29, 1.82) is 0 Å². The van der Waals surface area contributed by atoms with Crippen molar-refractivity contribution in [3.8, 4) is 56.1 Å². The van der Waals surface area contributed by atoms with Gasteiger partial charge in [-0.1, -0.05) is 224 Å². The summed E-state index contributed by atoms with van der Waals surface area (Å²) in [5, 5.41) is 27.4. The average molecular weight is 1470 g/mol. The number of allylic oxidation sites excluding steroid dienone is 1. The van der Waals surface area contributed by atoms with E-state index < -0.39 is 0 Å². The minimum atomic E-state index is 0.909. The topological polar surface area (TPSA) is 32.9 Å². The highest BCUT2D eigenvalue weighted by Crippen LogP contribution is 2.48. The Morgan fingerprint density at radius 1 is 0.228 bits per heavy atom. The van der Waals surface area contributed by atoms with Crippen molar-refractivity contribution in [3.05, 3.63) is 369 Å². The molecule has 6 aromatic heterocycles. The molecule has 0 amide bonds. The van der Waals surface area contributed by atoms with Crippen molar-refractivity contribution in [3.63, 3.8) is 0 Å². The summed E-state index contributed by atoms with van der Waals surface area (Å²) < 4.78 is 19.0. The Morgan fingerprint density at radius 2 is 0.596 bits per heavy atom. The molecule has 0 bridgehead atoms. The molecule has 0 N–H and O–H groups in total. The van der Waals surface area contributed by atoms with Crippen molar-refractivity contribution >= 4 is 201 Å². The van der Waals surface area contributed by atoms with Crippen LogP contribution < -0.4 is 0 Å². The molecule has 26 rings (SSSR count). The van der Waals surface area contributed by atoms with Crippen LogP contribution in [0.25, 0.3) is 245 Å². The number of benzene rings is 19. The smallest absolute Gasteiger partial charge is 0.143 e. The van der Waals surface area contributed by atoms with Crippen molar-refractivity contribution in [2.45, 2.75) is 12.8 Å². The molecule has 25 aromatic rings. The molecule has 0 saturated carbocycles. The molecular formula is C108H64N4OS. The van der Waals surface area contributed by atoms with Gasteiger partial charge in [-0.3, -0.25) is 0 Å². The van der Waals surface area contributed by atoms with Gasteiger partial charge in [0.15, 0.2) is 0 Å². The normalized spacial score (nSPS) is 12.8. The Bertz CT molecular complexity index is 8570.